The highest BCUT2D eigenvalue weighted by atomic mass is 32.1. The Morgan fingerprint density at radius 3 is 2.58 bits per heavy atom. The van der Waals surface area contributed by atoms with Crippen LogP contribution in [0.4, 0.5) is 8.78 Å². The number of thiophene rings is 1. The lowest BCUT2D eigenvalue weighted by molar-refractivity contribution is 0.307. The first kappa shape index (κ1) is 12.1. The van der Waals surface area contributed by atoms with Gasteiger partial charge in [-0.3, -0.25) is 0 Å². The summed E-state index contributed by atoms with van der Waals surface area (Å²) < 4.78 is 32.5. The van der Waals surface area contributed by atoms with E-state index in [9.17, 15) is 8.78 Å². The summed E-state index contributed by atoms with van der Waals surface area (Å²) in [6.45, 7) is 0.342. The molecule has 0 aliphatic rings. The zero-order valence-corrected chi connectivity index (χ0v) is 10.7. The van der Waals surface area contributed by atoms with Crippen LogP contribution in [0.5, 0.6) is 5.75 Å². The van der Waals surface area contributed by atoms with E-state index in [1.165, 1.54) is 29.5 Å². The van der Waals surface area contributed by atoms with Gasteiger partial charge >= 0.3 is 0 Å². The third-order valence-electron chi connectivity index (χ3n) is 2.84. The van der Waals surface area contributed by atoms with E-state index in [1.807, 2.05) is 11.4 Å². The molecule has 0 saturated heterocycles. The number of ether oxygens (including phenoxy) is 1. The van der Waals surface area contributed by atoms with E-state index in [0.717, 1.165) is 10.9 Å². The van der Waals surface area contributed by atoms with Crippen LogP contribution < -0.4 is 4.74 Å². The summed E-state index contributed by atoms with van der Waals surface area (Å²) in [6, 6.07) is 10.9. The van der Waals surface area contributed by atoms with Gasteiger partial charge in [0, 0.05) is 10.9 Å². The Kier molecular flexibility index (Phi) is 3.17. The molecule has 0 aliphatic heterocycles. The quantitative estimate of drug-likeness (QED) is 0.670. The number of hydrogen-bond acceptors (Lipinski definition) is 2. The van der Waals surface area contributed by atoms with Crippen LogP contribution in [0.1, 0.15) is 5.56 Å². The predicted molar refractivity (Wildman–Crippen MR) is 72.5 cm³/mol. The molecule has 3 aromatic rings. The molecular weight excluding hydrogens is 266 g/mol. The molecule has 0 radical (unpaired) electrons. The maximum absolute atomic E-state index is 13.5. The zero-order valence-electron chi connectivity index (χ0n) is 9.90. The van der Waals surface area contributed by atoms with Crippen molar-refractivity contribution in [1.82, 2.24) is 0 Å². The minimum absolute atomic E-state index is 0.212. The second-order valence-electron chi connectivity index (χ2n) is 4.12. The van der Waals surface area contributed by atoms with E-state index < -0.39 is 0 Å². The van der Waals surface area contributed by atoms with Crippen molar-refractivity contribution >= 4 is 21.4 Å². The first-order chi connectivity index (χ1) is 9.24. The number of rotatable bonds is 3. The summed E-state index contributed by atoms with van der Waals surface area (Å²) in [4.78, 5) is 0. The maximum Gasteiger partial charge on any atom is 0.140 e. The smallest absolute Gasteiger partial charge is 0.140 e. The highest BCUT2D eigenvalue weighted by molar-refractivity contribution is 7.17. The number of benzene rings is 2. The number of halogens is 2. The predicted octanol–water partition coefficient (Wildman–Crippen LogP) is 4.76. The molecule has 1 aromatic heterocycles. The van der Waals surface area contributed by atoms with Gasteiger partial charge in [0.15, 0.2) is 0 Å². The minimum atomic E-state index is -0.296. The van der Waals surface area contributed by atoms with Crippen molar-refractivity contribution in [2.45, 2.75) is 6.61 Å². The van der Waals surface area contributed by atoms with Crippen LogP contribution in [0.3, 0.4) is 0 Å². The molecule has 0 spiro atoms. The Hall–Kier alpha value is -1.94. The van der Waals surface area contributed by atoms with Crippen molar-refractivity contribution in [3.05, 3.63) is 65.0 Å². The molecule has 0 aliphatic carbocycles. The Morgan fingerprint density at radius 1 is 1.00 bits per heavy atom. The molecule has 0 bridgehead atoms. The van der Waals surface area contributed by atoms with E-state index in [-0.39, 0.29) is 11.6 Å². The van der Waals surface area contributed by atoms with E-state index in [0.29, 0.717) is 17.1 Å². The maximum atomic E-state index is 13.5. The first-order valence-electron chi connectivity index (χ1n) is 5.77. The minimum Gasteiger partial charge on any atom is -0.489 e. The molecule has 0 fully saturated rings. The monoisotopic (exact) mass is 276 g/mol. The Bertz CT molecular complexity index is 704. The van der Waals surface area contributed by atoms with Crippen LogP contribution in [0.2, 0.25) is 0 Å². The normalized spacial score (nSPS) is 10.8. The Balaban J connectivity index is 1.82. The lowest BCUT2D eigenvalue weighted by atomic mass is 10.2. The van der Waals surface area contributed by atoms with Crippen molar-refractivity contribution < 1.29 is 13.5 Å². The molecule has 2 aromatic carbocycles. The average molecular weight is 276 g/mol. The topological polar surface area (TPSA) is 9.23 Å². The molecular formula is C15H10F2OS. The highest BCUT2D eigenvalue weighted by Gasteiger charge is 2.08. The molecule has 0 N–H and O–H groups in total. The van der Waals surface area contributed by atoms with E-state index in [2.05, 4.69) is 0 Å². The molecule has 1 nitrogen and oxygen atoms in total. The van der Waals surface area contributed by atoms with Crippen molar-refractivity contribution in [3.8, 4) is 5.75 Å². The summed E-state index contributed by atoms with van der Waals surface area (Å²) in [5, 5.41) is 2.75. The average Bonchev–Trinajstić information content (AvgIpc) is 2.83. The van der Waals surface area contributed by atoms with Crippen LogP contribution in [0.25, 0.3) is 10.1 Å². The van der Waals surface area contributed by atoms with Gasteiger partial charge in [0.25, 0.3) is 0 Å². The van der Waals surface area contributed by atoms with Gasteiger partial charge in [0.05, 0.1) is 4.70 Å². The molecule has 0 amide bonds. The Labute approximate surface area is 113 Å². The molecule has 0 saturated carbocycles. The van der Waals surface area contributed by atoms with Crippen LogP contribution in [0, 0.1) is 11.6 Å². The van der Waals surface area contributed by atoms with Crippen LogP contribution in [-0.4, -0.2) is 0 Å². The van der Waals surface area contributed by atoms with Gasteiger partial charge in [-0.1, -0.05) is 12.1 Å². The van der Waals surface area contributed by atoms with Crippen molar-refractivity contribution in [3.63, 3.8) is 0 Å². The Morgan fingerprint density at radius 2 is 1.79 bits per heavy atom. The third-order valence-corrected chi connectivity index (χ3v) is 3.89. The van der Waals surface area contributed by atoms with Gasteiger partial charge in [-0.2, -0.15) is 0 Å². The van der Waals surface area contributed by atoms with Gasteiger partial charge in [-0.25, -0.2) is 8.78 Å². The summed E-state index contributed by atoms with van der Waals surface area (Å²) in [5.41, 5.74) is 0.934. The van der Waals surface area contributed by atoms with Crippen molar-refractivity contribution in [2.75, 3.05) is 0 Å². The van der Waals surface area contributed by atoms with Crippen LogP contribution in [0.15, 0.2) is 47.8 Å². The fourth-order valence-electron chi connectivity index (χ4n) is 1.88. The summed E-state index contributed by atoms with van der Waals surface area (Å²) in [7, 11) is 0. The second-order valence-corrected chi connectivity index (χ2v) is 5.00. The van der Waals surface area contributed by atoms with E-state index in [4.69, 9.17) is 4.74 Å². The second kappa shape index (κ2) is 4.97. The number of fused-ring (bicyclic) bond motifs is 1. The van der Waals surface area contributed by atoms with Crippen molar-refractivity contribution in [2.24, 2.45) is 0 Å². The summed E-state index contributed by atoms with van der Waals surface area (Å²) >= 11 is 1.36. The molecule has 3 rings (SSSR count). The molecule has 0 unspecified atom stereocenters. The first-order valence-corrected chi connectivity index (χ1v) is 6.65. The molecule has 0 atom stereocenters. The fraction of sp³-hybridized carbons (Fsp3) is 0.0667. The molecule has 96 valence electrons. The lowest BCUT2D eigenvalue weighted by Gasteiger charge is -2.05. The van der Waals surface area contributed by atoms with Gasteiger partial charge in [0.1, 0.15) is 24.0 Å². The SMILES string of the molecule is Fc1ccc(OCc2csc3c(F)cccc23)cc1. The number of hydrogen-bond donors (Lipinski definition) is 0. The molecule has 1 heterocycles. The summed E-state index contributed by atoms with van der Waals surface area (Å²) in [6.07, 6.45) is 0. The van der Waals surface area contributed by atoms with Crippen molar-refractivity contribution in [1.29, 1.82) is 0 Å². The summed E-state index contributed by atoms with van der Waals surface area (Å²) in [5.74, 6) is 0.0862. The van der Waals surface area contributed by atoms with Crippen LogP contribution >= 0.6 is 11.3 Å². The van der Waals surface area contributed by atoms with Crippen LogP contribution in [-0.2, 0) is 6.61 Å². The zero-order chi connectivity index (χ0) is 13.2. The van der Waals surface area contributed by atoms with Gasteiger partial charge in [-0.15, -0.1) is 11.3 Å². The molecule has 4 heteroatoms. The standard InChI is InChI=1S/C15H10F2OS/c16-11-4-6-12(7-5-11)18-8-10-9-19-15-13(10)2-1-3-14(15)17/h1-7,9H,8H2. The van der Waals surface area contributed by atoms with Gasteiger partial charge in [-0.05, 0) is 35.7 Å². The third kappa shape index (κ3) is 2.44. The van der Waals surface area contributed by atoms with E-state index >= 15 is 0 Å². The lowest BCUT2D eigenvalue weighted by Crippen LogP contribution is -1.94. The fourth-order valence-corrected chi connectivity index (χ4v) is 2.84. The van der Waals surface area contributed by atoms with E-state index in [1.54, 1.807) is 18.2 Å². The largest absolute Gasteiger partial charge is 0.489 e. The highest BCUT2D eigenvalue weighted by Crippen LogP contribution is 2.29. The van der Waals surface area contributed by atoms with Gasteiger partial charge in [0.2, 0.25) is 0 Å². The van der Waals surface area contributed by atoms with Gasteiger partial charge < -0.3 is 4.74 Å². The molecule has 19 heavy (non-hydrogen) atoms.